The van der Waals surface area contributed by atoms with Gasteiger partial charge in [-0.2, -0.15) is 0 Å². The van der Waals surface area contributed by atoms with E-state index in [9.17, 15) is 0 Å². The van der Waals surface area contributed by atoms with Crippen molar-refractivity contribution in [3.63, 3.8) is 0 Å². The molecule has 0 unspecified atom stereocenters. The molecular formula is C18H25N3O2. The van der Waals surface area contributed by atoms with Crippen molar-refractivity contribution < 1.29 is 8.83 Å². The van der Waals surface area contributed by atoms with Gasteiger partial charge in [-0.15, -0.1) is 10.2 Å². The lowest BCUT2D eigenvalue weighted by atomic mass is 9.84. The molecular weight excluding hydrogens is 290 g/mol. The van der Waals surface area contributed by atoms with E-state index in [1.54, 1.807) is 6.26 Å². The fourth-order valence-corrected chi connectivity index (χ4v) is 4.17. The zero-order valence-corrected chi connectivity index (χ0v) is 13.6. The van der Waals surface area contributed by atoms with Crippen LogP contribution in [0.15, 0.2) is 27.2 Å². The maximum absolute atomic E-state index is 5.77. The Morgan fingerprint density at radius 1 is 1.09 bits per heavy atom. The zero-order valence-electron chi connectivity index (χ0n) is 13.6. The minimum absolute atomic E-state index is 0.480. The Morgan fingerprint density at radius 3 is 2.83 bits per heavy atom. The quantitative estimate of drug-likeness (QED) is 0.825. The molecule has 2 aromatic rings. The van der Waals surface area contributed by atoms with Gasteiger partial charge in [0.25, 0.3) is 5.89 Å². The molecule has 0 N–H and O–H groups in total. The molecule has 1 aliphatic heterocycles. The summed E-state index contributed by atoms with van der Waals surface area (Å²) in [6, 6.07) is 4.37. The lowest BCUT2D eigenvalue weighted by Gasteiger charge is -2.29. The zero-order chi connectivity index (χ0) is 15.5. The Kier molecular flexibility index (Phi) is 4.46. The topological polar surface area (TPSA) is 55.3 Å². The van der Waals surface area contributed by atoms with Gasteiger partial charge in [0, 0.05) is 6.04 Å². The first kappa shape index (κ1) is 14.9. The Hall–Kier alpha value is -1.62. The van der Waals surface area contributed by atoms with Crippen molar-refractivity contribution in [2.24, 2.45) is 5.92 Å². The van der Waals surface area contributed by atoms with Crippen LogP contribution in [-0.4, -0.2) is 27.7 Å². The second-order valence-corrected chi connectivity index (χ2v) is 6.98. The van der Waals surface area contributed by atoms with Crippen LogP contribution in [0.2, 0.25) is 0 Å². The van der Waals surface area contributed by atoms with E-state index in [1.165, 1.54) is 51.4 Å². The van der Waals surface area contributed by atoms with E-state index in [0.717, 1.165) is 19.0 Å². The number of aromatic nitrogens is 2. The Labute approximate surface area is 137 Å². The molecule has 0 bridgehead atoms. The average molecular weight is 315 g/mol. The van der Waals surface area contributed by atoms with Crippen molar-refractivity contribution in [3.8, 4) is 11.7 Å². The third kappa shape index (κ3) is 3.50. The van der Waals surface area contributed by atoms with E-state index in [0.29, 0.717) is 23.6 Å². The molecule has 3 heterocycles. The van der Waals surface area contributed by atoms with Gasteiger partial charge >= 0.3 is 0 Å². The summed E-state index contributed by atoms with van der Waals surface area (Å²) in [7, 11) is 0. The SMILES string of the molecule is c1coc(-c2nnc(CN3CCC[C@H]3CC3CCCCC3)o2)c1. The molecule has 23 heavy (non-hydrogen) atoms. The lowest BCUT2D eigenvalue weighted by molar-refractivity contribution is 0.179. The van der Waals surface area contributed by atoms with Gasteiger partial charge in [-0.3, -0.25) is 4.90 Å². The van der Waals surface area contributed by atoms with Crippen LogP contribution >= 0.6 is 0 Å². The van der Waals surface area contributed by atoms with Gasteiger partial charge in [0.2, 0.25) is 5.89 Å². The fraction of sp³-hybridized carbons (Fsp3) is 0.667. The summed E-state index contributed by atoms with van der Waals surface area (Å²) in [5.41, 5.74) is 0. The Bertz CT molecular complexity index is 602. The largest absolute Gasteiger partial charge is 0.459 e. The van der Waals surface area contributed by atoms with Gasteiger partial charge in [0.1, 0.15) is 0 Å². The summed E-state index contributed by atoms with van der Waals surface area (Å²) in [4.78, 5) is 2.54. The number of hydrogen-bond donors (Lipinski definition) is 0. The first-order valence-corrected chi connectivity index (χ1v) is 8.99. The molecule has 0 aromatic carbocycles. The van der Waals surface area contributed by atoms with Gasteiger partial charge in [-0.25, -0.2) is 0 Å². The smallest absolute Gasteiger partial charge is 0.283 e. The molecule has 5 nitrogen and oxygen atoms in total. The van der Waals surface area contributed by atoms with Gasteiger partial charge in [0.15, 0.2) is 5.76 Å². The molecule has 1 saturated carbocycles. The summed E-state index contributed by atoms with van der Waals surface area (Å²) in [5, 5.41) is 8.30. The first-order chi connectivity index (χ1) is 11.4. The summed E-state index contributed by atoms with van der Waals surface area (Å²) in [5.74, 6) is 2.75. The summed E-state index contributed by atoms with van der Waals surface area (Å²) < 4.78 is 11.1. The van der Waals surface area contributed by atoms with Crippen LogP contribution in [0.25, 0.3) is 11.7 Å². The van der Waals surface area contributed by atoms with Crippen molar-refractivity contribution in [2.75, 3.05) is 6.54 Å². The number of rotatable bonds is 5. The van der Waals surface area contributed by atoms with Crippen LogP contribution in [-0.2, 0) is 6.54 Å². The number of likely N-dealkylation sites (tertiary alicyclic amines) is 1. The number of furan rings is 1. The molecule has 2 fully saturated rings. The highest BCUT2D eigenvalue weighted by Gasteiger charge is 2.29. The van der Waals surface area contributed by atoms with Crippen LogP contribution < -0.4 is 0 Å². The van der Waals surface area contributed by atoms with Crippen molar-refractivity contribution >= 4 is 0 Å². The highest BCUT2D eigenvalue weighted by molar-refractivity contribution is 5.42. The first-order valence-electron chi connectivity index (χ1n) is 8.99. The van der Waals surface area contributed by atoms with E-state index in [-0.39, 0.29) is 0 Å². The highest BCUT2D eigenvalue weighted by Crippen LogP contribution is 2.32. The van der Waals surface area contributed by atoms with Crippen LogP contribution in [0.5, 0.6) is 0 Å². The standard InChI is InChI=1S/C18H25N3O2/c1-2-6-14(7-3-1)12-15-8-4-10-21(15)13-17-19-20-18(23-17)16-9-5-11-22-16/h5,9,11,14-15H,1-4,6-8,10,12-13H2/t15-/m0/s1. The fourth-order valence-electron chi connectivity index (χ4n) is 4.17. The molecule has 1 aliphatic carbocycles. The molecule has 5 heteroatoms. The van der Waals surface area contributed by atoms with E-state index >= 15 is 0 Å². The monoisotopic (exact) mass is 315 g/mol. The van der Waals surface area contributed by atoms with E-state index < -0.39 is 0 Å². The van der Waals surface area contributed by atoms with Gasteiger partial charge in [-0.05, 0) is 43.9 Å². The third-order valence-electron chi connectivity index (χ3n) is 5.37. The van der Waals surface area contributed by atoms with Crippen LogP contribution in [0.4, 0.5) is 0 Å². The van der Waals surface area contributed by atoms with Gasteiger partial charge in [0.05, 0.1) is 12.8 Å². The minimum Gasteiger partial charge on any atom is -0.459 e. The molecule has 0 spiro atoms. The predicted octanol–water partition coefficient (Wildman–Crippen LogP) is 4.26. The van der Waals surface area contributed by atoms with Crippen molar-refractivity contribution in [1.29, 1.82) is 0 Å². The second kappa shape index (κ2) is 6.87. The molecule has 2 aliphatic rings. The van der Waals surface area contributed by atoms with Crippen molar-refractivity contribution in [2.45, 2.75) is 64.0 Å². The van der Waals surface area contributed by atoms with Crippen LogP contribution in [0, 0.1) is 5.92 Å². The van der Waals surface area contributed by atoms with Crippen molar-refractivity contribution in [3.05, 3.63) is 24.3 Å². The van der Waals surface area contributed by atoms with E-state index in [1.807, 2.05) is 12.1 Å². The highest BCUT2D eigenvalue weighted by atomic mass is 16.4. The van der Waals surface area contributed by atoms with E-state index in [2.05, 4.69) is 15.1 Å². The van der Waals surface area contributed by atoms with E-state index in [4.69, 9.17) is 8.83 Å². The summed E-state index contributed by atoms with van der Waals surface area (Å²) in [6.45, 7) is 1.92. The normalized spacial score (nSPS) is 23.6. The van der Waals surface area contributed by atoms with Crippen molar-refractivity contribution in [1.82, 2.24) is 15.1 Å². The third-order valence-corrected chi connectivity index (χ3v) is 5.37. The molecule has 4 rings (SSSR count). The Balaban J connectivity index is 1.37. The maximum atomic E-state index is 5.77. The molecule has 0 radical (unpaired) electrons. The molecule has 124 valence electrons. The second-order valence-electron chi connectivity index (χ2n) is 6.98. The summed E-state index contributed by atoms with van der Waals surface area (Å²) in [6.07, 6.45) is 12.7. The molecule has 1 saturated heterocycles. The minimum atomic E-state index is 0.480. The maximum Gasteiger partial charge on any atom is 0.283 e. The average Bonchev–Trinajstić information content (AvgIpc) is 3.31. The molecule has 1 atom stereocenters. The van der Waals surface area contributed by atoms with Gasteiger partial charge in [-0.1, -0.05) is 32.1 Å². The molecule has 0 amide bonds. The van der Waals surface area contributed by atoms with Crippen LogP contribution in [0.1, 0.15) is 57.3 Å². The predicted molar refractivity (Wildman–Crippen MR) is 86.6 cm³/mol. The summed E-state index contributed by atoms with van der Waals surface area (Å²) >= 11 is 0. The van der Waals surface area contributed by atoms with Gasteiger partial charge < -0.3 is 8.83 Å². The molecule has 2 aromatic heterocycles. The lowest BCUT2D eigenvalue weighted by Crippen LogP contribution is -2.31. The Morgan fingerprint density at radius 2 is 2.00 bits per heavy atom. The number of nitrogens with zero attached hydrogens (tertiary/aromatic N) is 3. The van der Waals surface area contributed by atoms with Crippen LogP contribution in [0.3, 0.4) is 0 Å². The number of hydrogen-bond acceptors (Lipinski definition) is 5.